The summed E-state index contributed by atoms with van der Waals surface area (Å²) in [6, 6.07) is 17.8. The molecule has 6 nitrogen and oxygen atoms in total. The molecule has 176 valence electrons. The number of nitrogens with zero attached hydrogens (tertiary/aromatic N) is 3. The largest absolute Gasteiger partial charge is 0.299 e. The lowest BCUT2D eigenvalue weighted by Gasteiger charge is -2.14. The molecule has 5 rings (SSSR count). The van der Waals surface area contributed by atoms with Gasteiger partial charge in [-0.15, -0.1) is 0 Å². The van der Waals surface area contributed by atoms with Crippen LogP contribution in [0.3, 0.4) is 0 Å². The van der Waals surface area contributed by atoms with E-state index in [1.54, 1.807) is 35.4 Å². The zero-order chi connectivity index (χ0) is 24.6. The van der Waals surface area contributed by atoms with Crippen LogP contribution in [0, 0.1) is 11.6 Å². The van der Waals surface area contributed by atoms with Gasteiger partial charge >= 0.3 is 0 Å². The highest BCUT2D eigenvalue weighted by Crippen LogP contribution is 2.32. The van der Waals surface area contributed by atoms with Crippen LogP contribution in [-0.2, 0) is 10.0 Å². The minimum absolute atomic E-state index is 0.122. The summed E-state index contributed by atoms with van der Waals surface area (Å²) in [5.41, 5.74) is 4.86. The average molecular weight is 491 g/mol. The Morgan fingerprint density at radius 3 is 2.43 bits per heavy atom. The molecule has 0 radical (unpaired) electrons. The Labute approximate surface area is 201 Å². The highest BCUT2D eigenvalue weighted by molar-refractivity contribution is 7.92. The van der Waals surface area contributed by atoms with Crippen LogP contribution in [0.2, 0.25) is 0 Å². The third kappa shape index (κ3) is 4.63. The summed E-state index contributed by atoms with van der Waals surface area (Å²) in [6.45, 7) is 1.52. The molecule has 0 amide bonds. The van der Waals surface area contributed by atoms with Crippen molar-refractivity contribution in [2.45, 2.75) is 6.92 Å². The van der Waals surface area contributed by atoms with E-state index in [1.807, 2.05) is 30.3 Å². The Bertz CT molecular complexity index is 1650. The maximum absolute atomic E-state index is 14.6. The summed E-state index contributed by atoms with van der Waals surface area (Å²) in [7, 11) is -3.59. The lowest BCUT2D eigenvalue weighted by atomic mass is 10.0. The number of pyridine rings is 1. The van der Waals surface area contributed by atoms with Crippen molar-refractivity contribution in [3.8, 4) is 27.9 Å². The van der Waals surface area contributed by atoms with Crippen LogP contribution in [0.25, 0.3) is 39.0 Å². The van der Waals surface area contributed by atoms with Crippen LogP contribution in [-0.4, -0.2) is 28.7 Å². The molecule has 35 heavy (non-hydrogen) atoms. The van der Waals surface area contributed by atoms with E-state index in [0.717, 1.165) is 34.3 Å². The first-order valence-electron chi connectivity index (χ1n) is 10.8. The third-order valence-corrected chi connectivity index (χ3v) is 6.96. The molecule has 0 saturated heterocycles. The predicted molar refractivity (Wildman–Crippen MR) is 133 cm³/mol. The fourth-order valence-electron chi connectivity index (χ4n) is 3.88. The lowest BCUT2D eigenvalue weighted by Crippen LogP contribution is -2.15. The number of hydrogen-bond donors (Lipinski definition) is 1. The highest BCUT2D eigenvalue weighted by Gasteiger charge is 2.15. The van der Waals surface area contributed by atoms with Crippen molar-refractivity contribution in [3.05, 3.63) is 97.1 Å². The van der Waals surface area contributed by atoms with Gasteiger partial charge in [-0.25, -0.2) is 22.2 Å². The number of aromatic nitrogens is 3. The summed E-state index contributed by atoms with van der Waals surface area (Å²) in [5.74, 6) is -1.56. The quantitative estimate of drug-likeness (QED) is 0.327. The van der Waals surface area contributed by atoms with E-state index in [1.165, 1.54) is 19.1 Å². The van der Waals surface area contributed by atoms with Crippen LogP contribution >= 0.6 is 0 Å². The van der Waals surface area contributed by atoms with Crippen LogP contribution in [0.15, 0.2) is 85.5 Å². The number of benzene rings is 3. The van der Waals surface area contributed by atoms with Gasteiger partial charge in [0.05, 0.1) is 22.5 Å². The van der Waals surface area contributed by atoms with Crippen LogP contribution in [0.5, 0.6) is 0 Å². The van der Waals surface area contributed by atoms with Crippen molar-refractivity contribution in [1.82, 2.24) is 14.5 Å². The van der Waals surface area contributed by atoms with E-state index in [0.29, 0.717) is 11.3 Å². The molecule has 0 saturated carbocycles. The van der Waals surface area contributed by atoms with Crippen molar-refractivity contribution in [2.75, 3.05) is 10.5 Å². The average Bonchev–Trinajstić information content (AvgIpc) is 3.27. The number of imidazole rings is 1. The van der Waals surface area contributed by atoms with Gasteiger partial charge in [0, 0.05) is 29.7 Å². The molecular weight excluding hydrogens is 470 g/mol. The van der Waals surface area contributed by atoms with Gasteiger partial charge in [0.15, 0.2) is 0 Å². The molecule has 0 atom stereocenters. The molecule has 3 aromatic carbocycles. The molecule has 5 aromatic rings. The number of rotatable bonds is 6. The normalized spacial score (nSPS) is 11.6. The second-order valence-electron chi connectivity index (χ2n) is 7.95. The van der Waals surface area contributed by atoms with Gasteiger partial charge < -0.3 is 0 Å². The Balaban J connectivity index is 1.65. The predicted octanol–water partition coefficient (Wildman–Crippen LogP) is 5.79. The SMILES string of the molecule is CCS(=O)(=O)Nc1cc(-c2ccc(F)cc2F)cc(-n2cnc3cc(-c4ccncc4)ccc32)c1. The minimum Gasteiger partial charge on any atom is -0.299 e. The first-order valence-corrected chi connectivity index (χ1v) is 12.5. The Kier molecular flexibility index (Phi) is 5.78. The van der Waals surface area contributed by atoms with Crippen molar-refractivity contribution in [3.63, 3.8) is 0 Å². The monoisotopic (exact) mass is 490 g/mol. The van der Waals surface area contributed by atoms with Crippen molar-refractivity contribution >= 4 is 26.7 Å². The maximum atomic E-state index is 14.6. The van der Waals surface area contributed by atoms with Crippen LogP contribution in [0.4, 0.5) is 14.5 Å². The van der Waals surface area contributed by atoms with Gasteiger partial charge in [-0.1, -0.05) is 6.07 Å². The van der Waals surface area contributed by atoms with Gasteiger partial charge in [-0.2, -0.15) is 0 Å². The fraction of sp³-hybridized carbons (Fsp3) is 0.0769. The van der Waals surface area contributed by atoms with Gasteiger partial charge in [0.25, 0.3) is 0 Å². The van der Waals surface area contributed by atoms with E-state index in [2.05, 4.69) is 14.7 Å². The van der Waals surface area contributed by atoms with Crippen molar-refractivity contribution < 1.29 is 17.2 Å². The molecule has 9 heteroatoms. The molecule has 0 aliphatic heterocycles. The Morgan fingerprint density at radius 2 is 1.69 bits per heavy atom. The fourth-order valence-corrected chi connectivity index (χ4v) is 4.50. The number of anilines is 1. The van der Waals surface area contributed by atoms with Crippen molar-refractivity contribution in [2.24, 2.45) is 0 Å². The van der Waals surface area contributed by atoms with E-state index in [9.17, 15) is 17.2 Å². The van der Waals surface area contributed by atoms with Gasteiger partial charge in [-0.05, 0) is 78.2 Å². The molecule has 0 spiro atoms. The number of halogens is 2. The zero-order valence-electron chi connectivity index (χ0n) is 18.6. The summed E-state index contributed by atoms with van der Waals surface area (Å²) >= 11 is 0. The molecular formula is C26H20F2N4O2S. The van der Waals surface area contributed by atoms with Gasteiger partial charge in [0.1, 0.15) is 18.0 Å². The second-order valence-corrected chi connectivity index (χ2v) is 9.96. The second kappa shape index (κ2) is 8.92. The lowest BCUT2D eigenvalue weighted by molar-refractivity contribution is 0.585. The first-order chi connectivity index (χ1) is 16.8. The van der Waals surface area contributed by atoms with Gasteiger partial charge in [0.2, 0.25) is 10.0 Å². The van der Waals surface area contributed by atoms with E-state index < -0.39 is 21.7 Å². The summed E-state index contributed by atoms with van der Waals surface area (Å²) in [6.07, 6.45) is 5.06. The molecule has 0 unspecified atom stereocenters. The minimum atomic E-state index is -3.59. The topological polar surface area (TPSA) is 76.9 Å². The third-order valence-electron chi connectivity index (χ3n) is 5.65. The van der Waals surface area contributed by atoms with E-state index in [-0.39, 0.29) is 17.0 Å². The summed E-state index contributed by atoms with van der Waals surface area (Å²) in [4.78, 5) is 8.56. The Hall–Kier alpha value is -4.11. The zero-order valence-corrected chi connectivity index (χ0v) is 19.4. The van der Waals surface area contributed by atoms with Crippen molar-refractivity contribution in [1.29, 1.82) is 0 Å². The number of sulfonamides is 1. The smallest absolute Gasteiger partial charge is 0.232 e. The molecule has 1 N–H and O–H groups in total. The number of fused-ring (bicyclic) bond motifs is 1. The highest BCUT2D eigenvalue weighted by atomic mass is 32.2. The molecule has 0 aliphatic rings. The molecule has 2 heterocycles. The summed E-state index contributed by atoms with van der Waals surface area (Å²) < 4.78 is 56.9. The van der Waals surface area contributed by atoms with Crippen LogP contribution < -0.4 is 4.72 Å². The van der Waals surface area contributed by atoms with Gasteiger partial charge in [-0.3, -0.25) is 14.3 Å². The first kappa shape index (κ1) is 22.7. The number of hydrogen-bond acceptors (Lipinski definition) is 4. The maximum Gasteiger partial charge on any atom is 0.232 e. The summed E-state index contributed by atoms with van der Waals surface area (Å²) in [5, 5.41) is 0. The van der Waals surface area contributed by atoms with Crippen LogP contribution in [0.1, 0.15) is 6.92 Å². The molecule has 0 fully saturated rings. The molecule has 0 aliphatic carbocycles. The standard InChI is InChI=1S/C26H20F2N4O2S/c1-2-35(33,34)31-21-11-19(23-5-4-20(27)14-24(23)28)12-22(15-21)32-16-30-25-13-18(3-6-26(25)32)17-7-9-29-10-8-17/h3-16,31H,2H2,1H3. The van der Waals surface area contributed by atoms with E-state index >= 15 is 0 Å². The Morgan fingerprint density at radius 1 is 0.886 bits per heavy atom. The number of nitrogens with one attached hydrogen (secondary N) is 1. The molecule has 0 bridgehead atoms. The van der Waals surface area contributed by atoms with E-state index in [4.69, 9.17) is 0 Å². The molecule has 2 aromatic heterocycles.